The van der Waals surface area contributed by atoms with Crippen LogP contribution in [-0.2, 0) is 6.42 Å². The van der Waals surface area contributed by atoms with Crippen molar-refractivity contribution in [2.45, 2.75) is 12.8 Å². The van der Waals surface area contributed by atoms with Gasteiger partial charge in [0.25, 0.3) is 0 Å². The molecule has 17 heavy (non-hydrogen) atoms. The van der Waals surface area contributed by atoms with Gasteiger partial charge in [-0.25, -0.2) is 0 Å². The minimum Gasteiger partial charge on any atom is -0.515 e. The molecule has 0 heterocycles. The van der Waals surface area contributed by atoms with Crippen LogP contribution in [0.4, 0.5) is 0 Å². The van der Waals surface area contributed by atoms with Crippen molar-refractivity contribution in [1.82, 2.24) is 0 Å². The highest BCUT2D eigenvalue weighted by molar-refractivity contribution is 9.11. The highest BCUT2D eigenvalue weighted by Crippen LogP contribution is 2.41. The SMILES string of the molecule is COc1c(Br)cc(Br)c2c1C(=O)/C(=C\O)CC2. The second-order valence-corrected chi connectivity index (χ2v) is 5.42. The summed E-state index contributed by atoms with van der Waals surface area (Å²) in [6.07, 6.45) is 2.14. The molecule has 1 aromatic rings. The number of rotatable bonds is 1. The molecule has 1 aromatic carbocycles. The molecule has 0 fully saturated rings. The zero-order valence-corrected chi connectivity index (χ0v) is 12.3. The van der Waals surface area contributed by atoms with E-state index in [9.17, 15) is 4.79 Å². The van der Waals surface area contributed by atoms with E-state index in [1.54, 1.807) is 0 Å². The summed E-state index contributed by atoms with van der Waals surface area (Å²) in [4.78, 5) is 12.2. The van der Waals surface area contributed by atoms with E-state index in [2.05, 4.69) is 31.9 Å². The number of Topliss-reactive ketones (excluding diaryl/α,β-unsaturated/α-hetero) is 1. The first-order chi connectivity index (χ1) is 8.10. The quantitative estimate of drug-likeness (QED) is 0.611. The van der Waals surface area contributed by atoms with Gasteiger partial charge in [0.1, 0.15) is 5.75 Å². The number of ketones is 1. The fourth-order valence-corrected chi connectivity index (χ4v) is 3.50. The van der Waals surface area contributed by atoms with Crippen molar-refractivity contribution < 1.29 is 14.6 Å². The summed E-state index contributed by atoms with van der Waals surface area (Å²) in [6, 6.07) is 1.87. The predicted octanol–water partition coefficient (Wildman–Crippen LogP) is 3.79. The van der Waals surface area contributed by atoms with Gasteiger partial charge >= 0.3 is 0 Å². The van der Waals surface area contributed by atoms with Gasteiger partial charge in [0.2, 0.25) is 0 Å². The van der Waals surface area contributed by atoms with E-state index in [0.717, 1.165) is 20.8 Å². The van der Waals surface area contributed by atoms with E-state index in [1.165, 1.54) is 7.11 Å². The van der Waals surface area contributed by atoms with Gasteiger partial charge in [-0.2, -0.15) is 0 Å². The number of aliphatic hydroxyl groups is 1. The number of benzene rings is 1. The van der Waals surface area contributed by atoms with Crippen molar-refractivity contribution in [2.75, 3.05) is 7.11 Å². The van der Waals surface area contributed by atoms with E-state index in [4.69, 9.17) is 9.84 Å². The number of halogens is 2. The van der Waals surface area contributed by atoms with Gasteiger partial charge in [-0.15, -0.1) is 0 Å². The van der Waals surface area contributed by atoms with Crippen molar-refractivity contribution in [2.24, 2.45) is 0 Å². The smallest absolute Gasteiger partial charge is 0.196 e. The zero-order valence-electron chi connectivity index (χ0n) is 9.09. The van der Waals surface area contributed by atoms with E-state index >= 15 is 0 Å². The molecule has 0 bridgehead atoms. The molecule has 0 radical (unpaired) electrons. The van der Waals surface area contributed by atoms with Crippen LogP contribution in [0.5, 0.6) is 5.75 Å². The molecule has 0 spiro atoms. The molecule has 0 saturated heterocycles. The maximum atomic E-state index is 12.2. The van der Waals surface area contributed by atoms with Crippen LogP contribution in [0, 0.1) is 0 Å². The largest absolute Gasteiger partial charge is 0.515 e. The normalized spacial score (nSPS) is 17.1. The number of aliphatic hydroxyl groups excluding tert-OH is 1. The van der Waals surface area contributed by atoms with Gasteiger partial charge < -0.3 is 9.84 Å². The van der Waals surface area contributed by atoms with Crippen molar-refractivity contribution in [3.63, 3.8) is 0 Å². The summed E-state index contributed by atoms with van der Waals surface area (Å²) >= 11 is 6.81. The lowest BCUT2D eigenvalue weighted by molar-refractivity contribution is 0.101. The van der Waals surface area contributed by atoms with Crippen LogP contribution in [-0.4, -0.2) is 18.0 Å². The third-order valence-electron chi connectivity index (χ3n) is 2.81. The molecule has 1 aliphatic rings. The fraction of sp³-hybridized carbons (Fsp3) is 0.250. The number of fused-ring (bicyclic) bond motifs is 1. The Balaban J connectivity index is 2.73. The zero-order chi connectivity index (χ0) is 12.6. The minimum atomic E-state index is -0.174. The maximum absolute atomic E-state index is 12.2. The number of carbonyl (C=O) groups excluding carboxylic acids is 1. The molecular weight excluding hydrogens is 352 g/mol. The van der Waals surface area contributed by atoms with Gasteiger partial charge in [0.15, 0.2) is 5.78 Å². The number of ether oxygens (including phenoxy) is 1. The van der Waals surface area contributed by atoms with Gasteiger partial charge in [0, 0.05) is 10.0 Å². The Hall–Kier alpha value is -0.810. The fourth-order valence-electron chi connectivity index (χ4n) is 1.98. The lowest BCUT2D eigenvalue weighted by Crippen LogP contribution is -2.16. The summed E-state index contributed by atoms with van der Waals surface area (Å²) in [7, 11) is 1.53. The van der Waals surface area contributed by atoms with Gasteiger partial charge in [-0.1, -0.05) is 15.9 Å². The summed E-state index contributed by atoms with van der Waals surface area (Å²) in [5.41, 5.74) is 1.88. The van der Waals surface area contributed by atoms with E-state index in [1.807, 2.05) is 6.07 Å². The number of hydrogen-bond donors (Lipinski definition) is 1. The molecule has 1 N–H and O–H groups in total. The first-order valence-electron chi connectivity index (χ1n) is 5.03. The molecule has 0 aromatic heterocycles. The summed E-state index contributed by atoms with van der Waals surface area (Å²) in [5.74, 6) is 0.347. The molecule has 0 atom stereocenters. The number of carbonyl (C=O) groups is 1. The van der Waals surface area contributed by atoms with Crippen LogP contribution in [0.2, 0.25) is 0 Å². The second-order valence-electron chi connectivity index (χ2n) is 3.71. The molecule has 1 aliphatic carbocycles. The van der Waals surface area contributed by atoms with E-state index in [0.29, 0.717) is 29.7 Å². The third kappa shape index (κ3) is 2.02. The maximum Gasteiger partial charge on any atom is 0.196 e. The molecule has 5 heteroatoms. The number of methoxy groups -OCH3 is 1. The van der Waals surface area contributed by atoms with Crippen molar-refractivity contribution in [3.05, 3.63) is 38.0 Å². The van der Waals surface area contributed by atoms with E-state index < -0.39 is 0 Å². The molecule has 90 valence electrons. The Labute approximate surface area is 116 Å². The lowest BCUT2D eigenvalue weighted by atomic mass is 9.87. The number of allylic oxidation sites excluding steroid dienone is 1. The van der Waals surface area contributed by atoms with Crippen LogP contribution in [0.1, 0.15) is 22.3 Å². The van der Waals surface area contributed by atoms with Gasteiger partial charge in [-0.3, -0.25) is 4.79 Å². The van der Waals surface area contributed by atoms with Crippen LogP contribution >= 0.6 is 31.9 Å². The average molecular weight is 362 g/mol. The Morgan fingerprint density at radius 3 is 2.65 bits per heavy atom. The second kappa shape index (κ2) is 4.82. The van der Waals surface area contributed by atoms with Crippen molar-refractivity contribution >= 4 is 37.6 Å². The molecular formula is C12H10Br2O3. The molecule has 0 aliphatic heterocycles. The summed E-state index contributed by atoms with van der Waals surface area (Å²) < 4.78 is 6.86. The Morgan fingerprint density at radius 2 is 2.06 bits per heavy atom. The van der Waals surface area contributed by atoms with Gasteiger partial charge in [-0.05, 0) is 40.4 Å². The molecule has 2 rings (SSSR count). The average Bonchev–Trinajstić information content (AvgIpc) is 2.30. The topological polar surface area (TPSA) is 46.5 Å². The Kier molecular flexibility index (Phi) is 3.58. The predicted molar refractivity (Wildman–Crippen MR) is 71.8 cm³/mol. The van der Waals surface area contributed by atoms with Crippen molar-refractivity contribution in [1.29, 1.82) is 0 Å². The standard InChI is InChI=1S/C12H10Br2O3/c1-17-12-9(14)4-8(13)7-3-2-6(5-15)11(16)10(7)12/h4-5,15H,2-3H2,1H3/b6-5-. The monoisotopic (exact) mass is 360 g/mol. The molecule has 3 nitrogen and oxygen atoms in total. The first kappa shape index (κ1) is 12.6. The minimum absolute atomic E-state index is 0.174. The number of hydrogen-bond acceptors (Lipinski definition) is 3. The van der Waals surface area contributed by atoms with Crippen LogP contribution in [0.25, 0.3) is 0 Å². The summed E-state index contributed by atoms with van der Waals surface area (Å²) in [5, 5.41) is 9.04. The lowest BCUT2D eigenvalue weighted by Gasteiger charge is -2.21. The first-order valence-corrected chi connectivity index (χ1v) is 6.61. The van der Waals surface area contributed by atoms with Crippen LogP contribution < -0.4 is 4.74 Å². The van der Waals surface area contributed by atoms with Crippen LogP contribution in [0.3, 0.4) is 0 Å². The van der Waals surface area contributed by atoms with Gasteiger partial charge in [0.05, 0.1) is 23.4 Å². The Morgan fingerprint density at radius 1 is 1.35 bits per heavy atom. The third-order valence-corrected chi connectivity index (χ3v) is 4.11. The van der Waals surface area contributed by atoms with Crippen LogP contribution in [0.15, 0.2) is 26.8 Å². The molecule has 0 unspecified atom stereocenters. The highest BCUT2D eigenvalue weighted by atomic mass is 79.9. The Bertz CT molecular complexity index is 501. The molecule has 0 amide bonds. The van der Waals surface area contributed by atoms with Crippen molar-refractivity contribution in [3.8, 4) is 5.75 Å². The highest BCUT2D eigenvalue weighted by Gasteiger charge is 2.29. The molecule has 0 saturated carbocycles. The van der Waals surface area contributed by atoms with E-state index in [-0.39, 0.29) is 5.78 Å². The summed E-state index contributed by atoms with van der Waals surface area (Å²) in [6.45, 7) is 0.